The highest BCUT2D eigenvalue weighted by molar-refractivity contribution is 5.73. The number of hydrogen-bond acceptors (Lipinski definition) is 7. The number of carbonyl (C=O) groups excluding carboxylic acids is 1. The van der Waals surface area contributed by atoms with Gasteiger partial charge in [0.1, 0.15) is 36.2 Å². The third-order valence-electron chi connectivity index (χ3n) is 6.60. The highest BCUT2D eigenvalue weighted by Crippen LogP contribution is 2.29. The van der Waals surface area contributed by atoms with Gasteiger partial charge in [0.05, 0.1) is 20.2 Å². The lowest BCUT2D eigenvalue weighted by Crippen LogP contribution is -2.51. The number of carbonyl (C=O) groups is 1. The van der Waals surface area contributed by atoms with Gasteiger partial charge in [0.2, 0.25) is 5.91 Å². The Labute approximate surface area is 222 Å². The fraction of sp³-hybridized carbons (Fsp3) is 0.429. The van der Waals surface area contributed by atoms with Gasteiger partial charge in [-0.3, -0.25) is 9.69 Å². The van der Waals surface area contributed by atoms with Gasteiger partial charge in [0, 0.05) is 45.5 Å². The molecule has 4 rings (SSSR count). The fourth-order valence-corrected chi connectivity index (χ4v) is 4.57. The molecule has 1 fully saturated rings. The fourth-order valence-electron chi connectivity index (χ4n) is 4.57. The van der Waals surface area contributed by atoms with Gasteiger partial charge in [-0.05, 0) is 48.9 Å². The largest absolute Gasteiger partial charge is 0.493 e. The number of amides is 1. The van der Waals surface area contributed by atoms with Crippen molar-refractivity contribution in [2.75, 3.05) is 46.5 Å². The van der Waals surface area contributed by atoms with Crippen LogP contribution in [-0.2, 0) is 17.9 Å². The summed E-state index contributed by atoms with van der Waals surface area (Å²) < 4.78 is 32.6. The molecule has 1 amide bonds. The quantitative estimate of drug-likeness (QED) is 0.435. The van der Waals surface area contributed by atoms with Crippen molar-refractivity contribution >= 4 is 5.91 Å². The average molecular weight is 527 g/mol. The summed E-state index contributed by atoms with van der Waals surface area (Å²) in [6.07, 6.45) is 3.68. The Morgan fingerprint density at radius 1 is 1.11 bits per heavy atom. The molecule has 0 aliphatic carbocycles. The summed E-state index contributed by atoms with van der Waals surface area (Å²) >= 11 is 0. The topological polar surface area (TPSA) is 89.3 Å². The minimum Gasteiger partial charge on any atom is -0.493 e. The zero-order valence-corrected chi connectivity index (χ0v) is 22.1. The number of rotatable bonds is 10. The van der Waals surface area contributed by atoms with Crippen LogP contribution in [0.25, 0.3) is 0 Å². The minimum absolute atomic E-state index is 0.0363. The number of imidazole rings is 1. The highest BCUT2D eigenvalue weighted by Gasteiger charge is 2.37. The summed E-state index contributed by atoms with van der Waals surface area (Å²) in [5.74, 6) is 2.19. The predicted octanol–water partition coefficient (Wildman–Crippen LogP) is 2.89. The standard InChI is InChI=1S/C28H35FN4O5/c1-21-30-10-11-32(21)14-15-37-26-9-4-23(16-27(26)36-3)17-31-12-13-33(22(2)34)19-28(35,18-31)20-38-25-7-5-24(29)6-8-25/h4-11,16,35H,12-15,17-20H2,1-3H3. The van der Waals surface area contributed by atoms with Crippen molar-refractivity contribution in [3.05, 3.63) is 72.1 Å². The summed E-state index contributed by atoms with van der Waals surface area (Å²) in [5.41, 5.74) is -0.326. The summed E-state index contributed by atoms with van der Waals surface area (Å²) in [6, 6.07) is 11.4. The minimum atomic E-state index is -1.31. The second-order valence-electron chi connectivity index (χ2n) is 9.62. The summed E-state index contributed by atoms with van der Waals surface area (Å²) in [4.78, 5) is 20.1. The molecule has 1 aliphatic heterocycles. The van der Waals surface area contributed by atoms with Gasteiger partial charge in [-0.1, -0.05) is 6.07 Å². The molecule has 0 radical (unpaired) electrons. The molecule has 1 aliphatic rings. The molecule has 9 nitrogen and oxygen atoms in total. The molecule has 10 heteroatoms. The molecule has 2 aromatic carbocycles. The van der Waals surface area contributed by atoms with Gasteiger partial charge in [-0.25, -0.2) is 9.37 Å². The second kappa shape index (κ2) is 12.3. The van der Waals surface area contributed by atoms with Crippen LogP contribution < -0.4 is 14.2 Å². The van der Waals surface area contributed by atoms with E-state index in [2.05, 4.69) is 9.88 Å². The normalized spacial score (nSPS) is 18.2. The third-order valence-corrected chi connectivity index (χ3v) is 6.60. The Morgan fingerprint density at radius 3 is 2.58 bits per heavy atom. The number of halogens is 1. The number of aryl methyl sites for hydroxylation is 1. The van der Waals surface area contributed by atoms with Crippen molar-refractivity contribution < 1.29 is 28.5 Å². The molecule has 3 aromatic rings. The zero-order valence-electron chi connectivity index (χ0n) is 22.1. The van der Waals surface area contributed by atoms with Crippen LogP contribution in [-0.4, -0.2) is 82.5 Å². The predicted molar refractivity (Wildman–Crippen MR) is 140 cm³/mol. The molecule has 1 unspecified atom stereocenters. The molecule has 38 heavy (non-hydrogen) atoms. The van der Waals surface area contributed by atoms with E-state index in [0.29, 0.717) is 56.6 Å². The van der Waals surface area contributed by atoms with Gasteiger partial charge in [0.15, 0.2) is 11.5 Å². The van der Waals surface area contributed by atoms with Gasteiger partial charge in [-0.2, -0.15) is 0 Å². The van der Waals surface area contributed by atoms with Crippen LogP contribution in [0.5, 0.6) is 17.2 Å². The van der Waals surface area contributed by atoms with Gasteiger partial charge in [-0.15, -0.1) is 0 Å². The Hall–Kier alpha value is -3.63. The molecular formula is C28H35FN4O5. The molecule has 1 atom stereocenters. The first-order valence-corrected chi connectivity index (χ1v) is 12.6. The third kappa shape index (κ3) is 7.23. The van der Waals surface area contributed by atoms with E-state index >= 15 is 0 Å². The maximum atomic E-state index is 13.2. The van der Waals surface area contributed by atoms with Crippen molar-refractivity contribution in [3.63, 3.8) is 0 Å². The van der Waals surface area contributed by atoms with Gasteiger partial charge < -0.3 is 28.8 Å². The number of hydrogen-bond donors (Lipinski definition) is 1. The van der Waals surface area contributed by atoms with Crippen molar-refractivity contribution in [1.82, 2.24) is 19.4 Å². The first-order chi connectivity index (χ1) is 18.2. The number of ether oxygens (including phenoxy) is 3. The van der Waals surface area contributed by atoms with E-state index < -0.39 is 5.60 Å². The van der Waals surface area contributed by atoms with E-state index in [-0.39, 0.29) is 24.9 Å². The number of aliphatic hydroxyl groups is 1. The number of β-amino-alcohol motifs (C(OH)–C–C–N with tert-alkyl or cyclic N) is 1. The van der Waals surface area contributed by atoms with E-state index in [4.69, 9.17) is 14.2 Å². The number of methoxy groups -OCH3 is 1. The van der Waals surface area contributed by atoms with E-state index in [9.17, 15) is 14.3 Å². The van der Waals surface area contributed by atoms with Crippen molar-refractivity contribution in [1.29, 1.82) is 0 Å². The molecule has 2 heterocycles. The van der Waals surface area contributed by atoms with Crippen LogP contribution in [0.1, 0.15) is 18.3 Å². The van der Waals surface area contributed by atoms with Crippen LogP contribution >= 0.6 is 0 Å². The summed E-state index contributed by atoms with van der Waals surface area (Å²) in [6.45, 7) is 6.61. The molecule has 204 valence electrons. The number of nitrogens with zero attached hydrogens (tertiary/aromatic N) is 4. The number of aromatic nitrogens is 2. The first kappa shape index (κ1) is 27.4. The Bertz CT molecular complexity index is 1220. The molecule has 1 saturated heterocycles. The molecule has 0 spiro atoms. The van der Waals surface area contributed by atoms with Crippen LogP contribution in [0.3, 0.4) is 0 Å². The molecular weight excluding hydrogens is 491 g/mol. The average Bonchev–Trinajstić information content (AvgIpc) is 3.22. The lowest BCUT2D eigenvalue weighted by Gasteiger charge is -2.32. The molecule has 1 N–H and O–H groups in total. The van der Waals surface area contributed by atoms with Crippen LogP contribution in [0.4, 0.5) is 4.39 Å². The van der Waals surface area contributed by atoms with Crippen LogP contribution in [0.15, 0.2) is 54.9 Å². The first-order valence-electron chi connectivity index (χ1n) is 12.6. The molecule has 0 saturated carbocycles. The van der Waals surface area contributed by atoms with E-state index in [1.54, 1.807) is 18.2 Å². The van der Waals surface area contributed by atoms with E-state index in [1.807, 2.05) is 35.9 Å². The van der Waals surface area contributed by atoms with E-state index in [0.717, 1.165) is 11.4 Å². The highest BCUT2D eigenvalue weighted by atomic mass is 19.1. The van der Waals surface area contributed by atoms with Gasteiger partial charge >= 0.3 is 0 Å². The lowest BCUT2D eigenvalue weighted by molar-refractivity contribution is -0.132. The lowest BCUT2D eigenvalue weighted by atomic mass is 10.0. The van der Waals surface area contributed by atoms with Crippen LogP contribution in [0, 0.1) is 12.7 Å². The van der Waals surface area contributed by atoms with Crippen molar-refractivity contribution in [3.8, 4) is 17.2 Å². The van der Waals surface area contributed by atoms with Crippen LogP contribution in [0.2, 0.25) is 0 Å². The smallest absolute Gasteiger partial charge is 0.219 e. The molecule has 0 bridgehead atoms. The molecule has 1 aromatic heterocycles. The van der Waals surface area contributed by atoms with E-state index in [1.165, 1.54) is 31.2 Å². The number of benzene rings is 2. The maximum absolute atomic E-state index is 13.2. The Balaban J connectivity index is 1.42. The van der Waals surface area contributed by atoms with Crippen molar-refractivity contribution in [2.45, 2.75) is 32.5 Å². The Morgan fingerprint density at radius 2 is 1.89 bits per heavy atom. The summed E-state index contributed by atoms with van der Waals surface area (Å²) in [7, 11) is 1.61. The summed E-state index contributed by atoms with van der Waals surface area (Å²) in [5, 5.41) is 11.5. The van der Waals surface area contributed by atoms with Crippen molar-refractivity contribution in [2.24, 2.45) is 0 Å². The monoisotopic (exact) mass is 526 g/mol. The van der Waals surface area contributed by atoms with Gasteiger partial charge in [0.25, 0.3) is 0 Å². The Kier molecular flexibility index (Phi) is 8.85. The SMILES string of the molecule is COc1cc(CN2CCN(C(C)=O)CC(O)(COc3ccc(F)cc3)C2)ccc1OCCn1ccnc1C. The zero-order chi connectivity index (χ0) is 27.1. The maximum Gasteiger partial charge on any atom is 0.219 e. The second-order valence-corrected chi connectivity index (χ2v) is 9.62.